The zero-order valence-electron chi connectivity index (χ0n) is 10.5. The molecule has 1 atom stereocenters. The summed E-state index contributed by atoms with van der Waals surface area (Å²) in [7, 11) is 0. The third kappa shape index (κ3) is 2.91. The molecule has 0 spiro atoms. The Balaban J connectivity index is 2.20. The van der Waals surface area contributed by atoms with Crippen molar-refractivity contribution in [3.05, 3.63) is 56.8 Å². The largest absolute Gasteiger partial charge is 0.144 e. The Morgan fingerprint density at radius 2 is 1.82 bits per heavy atom. The van der Waals surface area contributed by atoms with Gasteiger partial charge in [-0.3, -0.25) is 0 Å². The van der Waals surface area contributed by atoms with Crippen LogP contribution in [-0.2, 0) is 6.42 Å². The van der Waals surface area contributed by atoms with Crippen LogP contribution in [-0.4, -0.2) is 0 Å². The van der Waals surface area contributed by atoms with E-state index in [-0.39, 0.29) is 5.38 Å². The fraction of sp³-hybridized carbons (Fsp3) is 0.333. The van der Waals surface area contributed by atoms with E-state index in [0.29, 0.717) is 0 Å². The molecule has 90 valence electrons. The lowest BCUT2D eigenvalue weighted by atomic mass is 10.0. The fourth-order valence-electron chi connectivity index (χ4n) is 2.10. The van der Waals surface area contributed by atoms with Crippen molar-refractivity contribution in [1.82, 2.24) is 0 Å². The molecule has 0 aliphatic heterocycles. The third-order valence-electron chi connectivity index (χ3n) is 3.02. The number of hydrogen-bond acceptors (Lipinski definition) is 1. The van der Waals surface area contributed by atoms with Gasteiger partial charge in [-0.2, -0.15) is 0 Å². The predicted octanol–water partition coefficient (Wildman–Crippen LogP) is 5.20. The average molecular weight is 265 g/mol. The maximum atomic E-state index is 6.54. The predicted molar refractivity (Wildman–Crippen MR) is 77.3 cm³/mol. The Bertz CT molecular complexity index is 513. The Labute approximate surface area is 112 Å². The van der Waals surface area contributed by atoms with E-state index in [9.17, 15) is 0 Å². The minimum Gasteiger partial charge on any atom is -0.144 e. The van der Waals surface area contributed by atoms with Gasteiger partial charge in [-0.05, 0) is 49.9 Å². The molecule has 1 aromatic carbocycles. The summed E-state index contributed by atoms with van der Waals surface area (Å²) in [4.78, 5) is 2.65. The molecule has 0 nitrogen and oxygen atoms in total. The highest BCUT2D eigenvalue weighted by Gasteiger charge is 2.15. The number of hydrogen-bond donors (Lipinski definition) is 0. The van der Waals surface area contributed by atoms with Gasteiger partial charge >= 0.3 is 0 Å². The molecule has 0 aliphatic rings. The summed E-state index contributed by atoms with van der Waals surface area (Å²) >= 11 is 8.36. The van der Waals surface area contributed by atoms with Crippen molar-refractivity contribution in [3.8, 4) is 0 Å². The average Bonchev–Trinajstić information content (AvgIpc) is 2.61. The van der Waals surface area contributed by atoms with Crippen LogP contribution in [0, 0.1) is 20.8 Å². The standard InChI is InChI=1S/C15H17ClS/c1-10-6-4-5-7-13(10)9-14(16)15-11(2)8-12(3)17-15/h4-8,14H,9H2,1-3H3. The smallest absolute Gasteiger partial charge is 0.0721 e. The van der Waals surface area contributed by atoms with Gasteiger partial charge in [0.25, 0.3) is 0 Å². The van der Waals surface area contributed by atoms with E-state index < -0.39 is 0 Å². The second kappa shape index (κ2) is 5.24. The molecular formula is C15H17ClS. The Morgan fingerprint density at radius 1 is 1.12 bits per heavy atom. The monoisotopic (exact) mass is 264 g/mol. The van der Waals surface area contributed by atoms with Crippen LogP contribution in [0.25, 0.3) is 0 Å². The van der Waals surface area contributed by atoms with Crippen LogP contribution in [0.3, 0.4) is 0 Å². The van der Waals surface area contributed by atoms with Gasteiger partial charge in [0, 0.05) is 9.75 Å². The van der Waals surface area contributed by atoms with Gasteiger partial charge < -0.3 is 0 Å². The van der Waals surface area contributed by atoms with Gasteiger partial charge in [0.1, 0.15) is 0 Å². The van der Waals surface area contributed by atoms with Crippen LogP contribution in [0.15, 0.2) is 30.3 Å². The van der Waals surface area contributed by atoms with Gasteiger partial charge in [-0.15, -0.1) is 22.9 Å². The molecule has 1 unspecified atom stereocenters. The number of rotatable bonds is 3. The Kier molecular flexibility index (Phi) is 3.90. The normalized spacial score (nSPS) is 12.7. The molecule has 0 aliphatic carbocycles. The lowest BCUT2D eigenvalue weighted by molar-refractivity contribution is 0.922. The van der Waals surface area contributed by atoms with Crippen LogP contribution in [0.1, 0.15) is 31.8 Å². The molecule has 0 N–H and O–H groups in total. The van der Waals surface area contributed by atoms with E-state index in [0.717, 1.165) is 6.42 Å². The third-order valence-corrected chi connectivity index (χ3v) is 4.79. The van der Waals surface area contributed by atoms with Crippen molar-refractivity contribution in [3.63, 3.8) is 0 Å². The lowest BCUT2D eigenvalue weighted by Gasteiger charge is -2.11. The zero-order valence-corrected chi connectivity index (χ0v) is 12.0. The van der Waals surface area contributed by atoms with E-state index in [1.807, 2.05) is 11.3 Å². The molecule has 2 aromatic rings. The van der Waals surface area contributed by atoms with Crippen molar-refractivity contribution in [1.29, 1.82) is 0 Å². The van der Waals surface area contributed by atoms with E-state index in [4.69, 9.17) is 11.6 Å². The quantitative estimate of drug-likeness (QED) is 0.669. The summed E-state index contributed by atoms with van der Waals surface area (Å²) in [5, 5.41) is 0.0924. The van der Waals surface area contributed by atoms with E-state index in [1.165, 1.54) is 26.4 Å². The minimum atomic E-state index is 0.0924. The van der Waals surface area contributed by atoms with Crippen LogP contribution in [0.5, 0.6) is 0 Å². The lowest BCUT2D eigenvalue weighted by Crippen LogP contribution is -1.97. The van der Waals surface area contributed by atoms with Crippen molar-refractivity contribution in [2.45, 2.75) is 32.6 Å². The van der Waals surface area contributed by atoms with Gasteiger partial charge in [-0.1, -0.05) is 24.3 Å². The molecule has 0 radical (unpaired) electrons. The van der Waals surface area contributed by atoms with Crippen LogP contribution in [0.2, 0.25) is 0 Å². The Morgan fingerprint density at radius 3 is 2.41 bits per heavy atom. The first kappa shape index (κ1) is 12.7. The number of aryl methyl sites for hydroxylation is 3. The summed E-state index contributed by atoms with van der Waals surface area (Å²) in [6, 6.07) is 10.7. The first-order valence-corrected chi connectivity index (χ1v) is 7.08. The second-order valence-electron chi connectivity index (χ2n) is 4.50. The number of alkyl halides is 1. The molecule has 2 heteroatoms. The number of halogens is 1. The highest BCUT2D eigenvalue weighted by atomic mass is 35.5. The maximum Gasteiger partial charge on any atom is 0.0721 e. The highest BCUT2D eigenvalue weighted by Crippen LogP contribution is 2.34. The first-order chi connectivity index (χ1) is 8.08. The van der Waals surface area contributed by atoms with Crippen molar-refractivity contribution >= 4 is 22.9 Å². The molecule has 2 rings (SSSR count). The molecule has 1 aromatic heterocycles. The highest BCUT2D eigenvalue weighted by molar-refractivity contribution is 7.12. The maximum absolute atomic E-state index is 6.54. The molecule has 0 bridgehead atoms. The van der Waals surface area contributed by atoms with Crippen LogP contribution < -0.4 is 0 Å². The summed E-state index contributed by atoms with van der Waals surface area (Å²) in [5.74, 6) is 0. The minimum absolute atomic E-state index is 0.0924. The molecule has 0 amide bonds. The van der Waals surface area contributed by atoms with Crippen LogP contribution in [0.4, 0.5) is 0 Å². The topological polar surface area (TPSA) is 0 Å². The van der Waals surface area contributed by atoms with Gasteiger partial charge in [0.05, 0.1) is 5.38 Å². The van der Waals surface area contributed by atoms with Crippen molar-refractivity contribution < 1.29 is 0 Å². The number of benzene rings is 1. The van der Waals surface area contributed by atoms with Gasteiger partial charge in [0.2, 0.25) is 0 Å². The van der Waals surface area contributed by atoms with Gasteiger partial charge in [0.15, 0.2) is 0 Å². The fourth-order valence-corrected chi connectivity index (χ4v) is 3.58. The summed E-state index contributed by atoms with van der Waals surface area (Å²) in [6.07, 6.45) is 0.912. The summed E-state index contributed by atoms with van der Waals surface area (Å²) in [5.41, 5.74) is 3.99. The molecule has 17 heavy (non-hydrogen) atoms. The first-order valence-electron chi connectivity index (χ1n) is 5.83. The summed E-state index contributed by atoms with van der Waals surface area (Å²) in [6.45, 7) is 6.43. The molecule has 0 fully saturated rings. The van der Waals surface area contributed by atoms with E-state index in [2.05, 4.69) is 51.1 Å². The van der Waals surface area contributed by atoms with Crippen molar-refractivity contribution in [2.75, 3.05) is 0 Å². The van der Waals surface area contributed by atoms with Crippen molar-refractivity contribution in [2.24, 2.45) is 0 Å². The zero-order chi connectivity index (χ0) is 12.4. The van der Waals surface area contributed by atoms with E-state index in [1.54, 1.807) is 0 Å². The second-order valence-corrected chi connectivity index (χ2v) is 6.32. The number of thiophene rings is 1. The Hall–Kier alpha value is -0.790. The molecule has 1 heterocycles. The van der Waals surface area contributed by atoms with E-state index >= 15 is 0 Å². The van der Waals surface area contributed by atoms with Crippen LogP contribution >= 0.6 is 22.9 Å². The molecule has 0 saturated carbocycles. The summed E-state index contributed by atoms with van der Waals surface area (Å²) < 4.78 is 0. The molecule has 0 saturated heterocycles. The SMILES string of the molecule is Cc1cc(C)c(C(Cl)Cc2ccccc2C)s1. The molecular weight excluding hydrogens is 248 g/mol. The van der Waals surface area contributed by atoms with Gasteiger partial charge in [-0.25, -0.2) is 0 Å².